The molecule has 5 nitrogen and oxygen atoms in total. The lowest BCUT2D eigenvalue weighted by Gasteiger charge is -2.34. The van der Waals surface area contributed by atoms with Crippen LogP contribution < -0.4 is 4.74 Å². The highest BCUT2D eigenvalue weighted by molar-refractivity contribution is 9.10. The number of morpholine rings is 1. The molecule has 1 amide bonds. The summed E-state index contributed by atoms with van der Waals surface area (Å²) in [4.78, 5) is 14.1. The zero-order chi connectivity index (χ0) is 17.5. The Labute approximate surface area is 155 Å². The van der Waals surface area contributed by atoms with E-state index in [-0.39, 0.29) is 18.7 Å². The van der Waals surface area contributed by atoms with Gasteiger partial charge in [0, 0.05) is 6.54 Å². The number of hydrogen-bond acceptors (Lipinski definition) is 4. The molecule has 1 heterocycles. The van der Waals surface area contributed by atoms with Crippen LogP contribution in [0.4, 0.5) is 4.79 Å². The summed E-state index contributed by atoms with van der Waals surface area (Å²) < 4.78 is 17.7. The van der Waals surface area contributed by atoms with Gasteiger partial charge in [0.25, 0.3) is 0 Å². The van der Waals surface area contributed by atoms with Crippen LogP contribution in [-0.2, 0) is 16.1 Å². The second kappa shape index (κ2) is 8.87. The Balaban J connectivity index is 1.56. The number of hydrogen-bond donors (Lipinski definition) is 0. The van der Waals surface area contributed by atoms with Crippen LogP contribution in [0, 0.1) is 0 Å². The van der Waals surface area contributed by atoms with Gasteiger partial charge < -0.3 is 14.2 Å². The standard InChI is InChI=1S/C19H20BrNO4/c20-17-8-4-5-9-18(17)24-14-16-13-23-11-10-21(16)19(22)25-12-15-6-2-1-3-7-15/h1-9,16H,10-14H2/t16-/m0/s1. The van der Waals surface area contributed by atoms with Crippen molar-refractivity contribution in [3.63, 3.8) is 0 Å². The topological polar surface area (TPSA) is 48.0 Å². The summed E-state index contributed by atoms with van der Waals surface area (Å²) in [5.74, 6) is 0.741. The predicted molar refractivity (Wildman–Crippen MR) is 97.6 cm³/mol. The average molecular weight is 406 g/mol. The van der Waals surface area contributed by atoms with Crippen LogP contribution in [0.3, 0.4) is 0 Å². The van der Waals surface area contributed by atoms with Gasteiger partial charge in [-0.3, -0.25) is 4.90 Å². The highest BCUT2D eigenvalue weighted by atomic mass is 79.9. The number of benzene rings is 2. The fourth-order valence-electron chi connectivity index (χ4n) is 2.58. The van der Waals surface area contributed by atoms with Crippen LogP contribution in [0.15, 0.2) is 59.1 Å². The Kier molecular flexibility index (Phi) is 6.30. The molecule has 0 aromatic heterocycles. The van der Waals surface area contributed by atoms with Gasteiger partial charge in [-0.15, -0.1) is 0 Å². The van der Waals surface area contributed by atoms with Crippen molar-refractivity contribution in [1.29, 1.82) is 0 Å². The maximum atomic E-state index is 12.4. The van der Waals surface area contributed by atoms with E-state index in [1.807, 2.05) is 54.6 Å². The summed E-state index contributed by atoms with van der Waals surface area (Å²) in [7, 11) is 0. The highest BCUT2D eigenvalue weighted by Gasteiger charge is 2.29. The lowest BCUT2D eigenvalue weighted by atomic mass is 10.2. The number of halogens is 1. The Hall–Kier alpha value is -2.05. The maximum Gasteiger partial charge on any atom is 0.410 e. The van der Waals surface area contributed by atoms with E-state index in [4.69, 9.17) is 14.2 Å². The molecule has 0 saturated carbocycles. The molecule has 2 aromatic carbocycles. The van der Waals surface area contributed by atoms with E-state index in [0.29, 0.717) is 26.4 Å². The molecule has 1 atom stereocenters. The molecule has 25 heavy (non-hydrogen) atoms. The maximum absolute atomic E-state index is 12.4. The van der Waals surface area contributed by atoms with Crippen LogP contribution >= 0.6 is 15.9 Å². The van der Waals surface area contributed by atoms with Crippen molar-refractivity contribution in [3.05, 3.63) is 64.6 Å². The van der Waals surface area contributed by atoms with Crippen molar-refractivity contribution >= 4 is 22.0 Å². The number of carbonyl (C=O) groups excluding carboxylic acids is 1. The van der Waals surface area contributed by atoms with Gasteiger partial charge in [0.05, 0.1) is 23.7 Å². The molecule has 1 aliphatic rings. The minimum Gasteiger partial charge on any atom is -0.490 e. The van der Waals surface area contributed by atoms with Gasteiger partial charge in [0.2, 0.25) is 0 Å². The first-order valence-corrected chi connectivity index (χ1v) is 8.96. The van der Waals surface area contributed by atoms with E-state index < -0.39 is 0 Å². The average Bonchev–Trinajstić information content (AvgIpc) is 2.66. The van der Waals surface area contributed by atoms with Crippen LogP contribution in [0.25, 0.3) is 0 Å². The Morgan fingerprint density at radius 2 is 1.92 bits per heavy atom. The van der Waals surface area contributed by atoms with E-state index in [1.54, 1.807) is 4.90 Å². The van der Waals surface area contributed by atoms with Gasteiger partial charge >= 0.3 is 6.09 Å². The molecular formula is C19H20BrNO4. The summed E-state index contributed by atoms with van der Waals surface area (Å²) >= 11 is 3.45. The largest absolute Gasteiger partial charge is 0.490 e. The Morgan fingerprint density at radius 3 is 2.72 bits per heavy atom. The van der Waals surface area contributed by atoms with E-state index in [9.17, 15) is 4.79 Å². The molecule has 0 bridgehead atoms. The molecule has 0 radical (unpaired) electrons. The minimum atomic E-state index is -0.340. The van der Waals surface area contributed by atoms with Crippen LogP contribution in [0.2, 0.25) is 0 Å². The molecule has 0 N–H and O–H groups in total. The fraction of sp³-hybridized carbons (Fsp3) is 0.316. The van der Waals surface area contributed by atoms with Gasteiger partial charge in [0.15, 0.2) is 0 Å². The molecule has 3 rings (SSSR count). The van der Waals surface area contributed by atoms with Crippen LogP contribution in [0.5, 0.6) is 5.75 Å². The number of nitrogens with zero attached hydrogens (tertiary/aromatic N) is 1. The minimum absolute atomic E-state index is 0.177. The number of amides is 1. The van der Waals surface area contributed by atoms with Crippen molar-refractivity contribution in [2.45, 2.75) is 12.6 Å². The summed E-state index contributed by atoms with van der Waals surface area (Å²) in [6.07, 6.45) is -0.340. The van der Waals surface area contributed by atoms with Crippen LogP contribution in [-0.4, -0.2) is 43.4 Å². The van der Waals surface area contributed by atoms with E-state index in [1.165, 1.54) is 0 Å². The Bertz CT molecular complexity index is 695. The molecule has 0 unspecified atom stereocenters. The molecular weight excluding hydrogens is 386 g/mol. The summed E-state index contributed by atoms with van der Waals surface area (Å²) in [5, 5.41) is 0. The summed E-state index contributed by atoms with van der Waals surface area (Å²) in [6, 6.07) is 17.1. The smallest absolute Gasteiger partial charge is 0.410 e. The second-order valence-corrected chi connectivity index (χ2v) is 6.56. The second-order valence-electron chi connectivity index (χ2n) is 5.70. The third-order valence-corrected chi connectivity index (χ3v) is 4.59. The van der Waals surface area contributed by atoms with Crippen molar-refractivity contribution in [2.24, 2.45) is 0 Å². The molecule has 1 saturated heterocycles. The molecule has 0 aliphatic carbocycles. The van der Waals surface area contributed by atoms with E-state index in [0.717, 1.165) is 15.8 Å². The first kappa shape index (κ1) is 17.8. The van der Waals surface area contributed by atoms with E-state index in [2.05, 4.69) is 15.9 Å². The third kappa shape index (κ3) is 4.96. The van der Waals surface area contributed by atoms with Crippen LogP contribution in [0.1, 0.15) is 5.56 Å². The van der Waals surface area contributed by atoms with Gasteiger partial charge in [-0.2, -0.15) is 0 Å². The quantitative estimate of drug-likeness (QED) is 0.757. The first-order chi connectivity index (χ1) is 12.2. The molecule has 2 aromatic rings. The zero-order valence-corrected chi connectivity index (χ0v) is 15.4. The molecule has 1 fully saturated rings. The zero-order valence-electron chi connectivity index (χ0n) is 13.8. The number of para-hydroxylation sites is 1. The van der Waals surface area contributed by atoms with Crippen molar-refractivity contribution < 1.29 is 19.0 Å². The molecule has 6 heteroatoms. The van der Waals surface area contributed by atoms with Gasteiger partial charge in [0.1, 0.15) is 19.0 Å². The summed E-state index contributed by atoms with van der Waals surface area (Å²) in [5.41, 5.74) is 0.963. The lowest BCUT2D eigenvalue weighted by molar-refractivity contribution is -0.0239. The Morgan fingerprint density at radius 1 is 1.16 bits per heavy atom. The number of carbonyl (C=O) groups is 1. The molecule has 0 spiro atoms. The van der Waals surface area contributed by atoms with Gasteiger partial charge in [-0.25, -0.2) is 4.79 Å². The highest BCUT2D eigenvalue weighted by Crippen LogP contribution is 2.24. The van der Waals surface area contributed by atoms with Crippen molar-refractivity contribution in [1.82, 2.24) is 4.90 Å². The summed E-state index contributed by atoms with van der Waals surface area (Å²) in [6.45, 7) is 2.05. The normalized spacial score (nSPS) is 17.2. The number of ether oxygens (including phenoxy) is 3. The fourth-order valence-corrected chi connectivity index (χ4v) is 2.98. The van der Waals surface area contributed by atoms with Crippen molar-refractivity contribution in [2.75, 3.05) is 26.4 Å². The van der Waals surface area contributed by atoms with Gasteiger partial charge in [-0.1, -0.05) is 42.5 Å². The number of rotatable bonds is 5. The van der Waals surface area contributed by atoms with Gasteiger partial charge in [-0.05, 0) is 33.6 Å². The molecule has 132 valence electrons. The predicted octanol–water partition coefficient (Wildman–Crippen LogP) is 3.87. The first-order valence-electron chi connectivity index (χ1n) is 8.16. The molecule has 1 aliphatic heterocycles. The lowest BCUT2D eigenvalue weighted by Crippen LogP contribution is -2.51. The van der Waals surface area contributed by atoms with Crippen molar-refractivity contribution in [3.8, 4) is 5.75 Å². The monoisotopic (exact) mass is 405 g/mol. The van der Waals surface area contributed by atoms with E-state index >= 15 is 0 Å². The SMILES string of the molecule is O=C(OCc1ccccc1)N1CCOC[C@H]1COc1ccccc1Br. The third-order valence-electron chi connectivity index (χ3n) is 3.94.